The zero-order valence-electron chi connectivity index (χ0n) is 12.8. The maximum Gasteiger partial charge on any atom is 0.129 e. The van der Waals surface area contributed by atoms with Gasteiger partial charge in [0.25, 0.3) is 0 Å². The predicted molar refractivity (Wildman–Crippen MR) is 90.6 cm³/mol. The lowest BCUT2D eigenvalue weighted by molar-refractivity contribution is 0.362. The van der Waals surface area contributed by atoms with E-state index in [2.05, 4.69) is 29.2 Å². The molecule has 3 nitrogen and oxygen atoms in total. The molecule has 2 aromatic rings. The van der Waals surface area contributed by atoms with Gasteiger partial charge in [-0.3, -0.25) is 0 Å². The van der Waals surface area contributed by atoms with Crippen LogP contribution in [-0.2, 0) is 13.1 Å². The molecule has 112 valence electrons. The molecule has 3 heteroatoms. The van der Waals surface area contributed by atoms with Crippen molar-refractivity contribution >= 4 is 0 Å². The average molecular weight is 299 g/mol. The van der Waals surface area contributed by atoms with Crippen LogP contribution in [0, 0.1) is 22.7 Å². The molecule has 0 aliphatic carbocycles. The van der Waals surface area contributed by atoms with Crippen LogP contribution in [0.15, 0.2) is 84.6 Å². The van der Waals surface area contributed by atoms with Crippen LogP contribution in [0.25, 0.3) is 0 Å². The van der Waals surface area contributed by atoms with Crippen LogP contribution in [0.4, 0.5) is 0 Å². The Labute approximate surface area is 137 Å². The minimum atomic E-state index is 0.0978. The summed E-state index contributed by atoms with van der Waals surface area (Å²) in [5.74, 6) is 0. The average Bonchev–Trinajstić information content (AvgIpc) is 2.60. The fourth-order valence-corrected chi connectivity index (χ4v) is 2.16. The maximum absolute atomic E-state index is 8.77. The van der Waals surface area contributed by atoms with Gasteiger partial charge in [-0.1, -0.05) is 60.7 Å². The third-order valence-electron chi connectivity index (χ3n) is 3.26. The van der Waals surface area contributed by atoms with Gasteiger partial charge in [0.15, 0.2) is 0 Å². The van der Waals surface area contributed by atoms with Gasteiger partial charge >= 0.3 is 0 Å². The zero-order chi connectivity index (χ0) is 16.3. The number of nitriles is 2. The van der Waals surface area contributed by atoms with E-state index in [1.54, 1.807) is 6.08 Å². The molecular formula is C20H17N3. The van der Waals surface area contributed by atoms with Crippen molar-refractivity contribution in [2.45, 2.75) is 13.1 Å². The van der Waals surface area contributed by atoms with Gasteiger partial charge in [-0.2, -0.15) is 10.5 Å². The molecule has 0 aromatic heterocycles. The summed E-state index contributed by atoms with van der Waals surface area (Å²) < 4.78 is 0. The van der Waals surface area contributed by atoms with Crippen LogP contribution in [0.3, 0.4) is 0 Å². The van der Waals surface area contributed by atoms with Crippen LogP contribution < -0.4 is 0 Å². The van der Waals surface area contributed by atoms with E-state index in [0.717, 1.165) is 13.1 Å². The van der Waals surface area contributed by atoms with E-state index in [4.69, 9.17) is 10.5 Å². The minimum Gasteiger partial charge on any atom is -0.369 e. The first-order valence-electron chi connectivity index (χ1n) is 7.32. The monoisotopic (exact) mass is 299 g/mol. The highest BCUT2D eigenvalue weighted by Crippen LogP contribution is 2.10. The molecule has 0 heterocycles. The molecule has 0 radical (unpaired) electrons. The van der Waals surface area contributed by atoms with Crippen LogP contribution in [0.5, 0.6) is 0 Å². The van der Waals surface area contributed by atoms with Crippen molar-refractivity contribution in [2.75, 3.05) is 0 Å². The highest BCUT2D eigenvalue weighted by atomic mass is 15.1. The first kappa shape index (κ1) is 16.1. The molecule has 0 fully saturated rings. The van der Waals surface area contributed by atoms with Gasteiger partial charge in [0.2, 0.25) is 0 Å². The van der Waals surface area contributed by atoms with Crippen molar-refractivity contribution in [2.24, 2.45) is 0 Å². The van der Waals surface area contributed by atoms with Crippen molar-refractivity contribution < 1.29 is 0 Å². The van der Waals surface area contributed by atoms with Crippen molar-refractivity contribution in [3.05, 3.63) is 95.7 Å². The van der Waals surface area contributed by atoms with E-state index in [-0.39, 0.29) is 5.57 Å². The molecule has 2 aromatic carbocycles. The van der Waals surface area contributed by atoms with E-state index in [1.807, 2.05) is 54.7 Å². The molecule has 0 bridgehead atoms. The van der Waals surface area contributed by atoms with E-state index in [1.165, 1.54) is 17.2 Å². The number of rotatable bonds is 6. The molecule has 23 heavy (non-hydrogen) atoms. The van der Waals surface area contributed by atoms with Gasteiger partial charge in [-0.05, 0) is 29.5 Å². The SMILES string of the molecule is N#CC(C#N)=C/C=C\N(Cc1ccccc1)Cc1ccccc1. The van der Waals surface area contributed by atoms with E-state index in [9.17, 15) is 0 Å². The maximum atomic E-state index is 8.77. The van der Waals surface area contributed by atoms with Gasteiger partial charge in [0, 0.05) is 13.1 Å². The lowest BCUT2D eigenvalue weighted by atomic mass is 10.2. The van der Waals surface area contributed by atoms with Crippen molar-refractivity contribution in [3.8, 4) is 12.1 Å². The van der Waals surface area contributed by atoms with Crippen molar-refractivity contribution in [1.82, 2.24) is 4.90 Å². The van der Waals surface area contributed by atoms with Gasteiger partial charge in [0.1, 0.15) is 17.7 Å². The highest BCUT2D eigenvalue weighted by molar-refractivity contribution is 5.37. The highest BCUT2D eigenvalue weighted by Gasteiger charge is 2.02. The standard InChI is InChI=1S/C20H17N3/c21-14-20(15-22)12-7-13-23(16-18-8-3-1-4-9-18)17-19-10-5-2-6-11-19/h1-13H,16-17H2/b13-7-. The molecule has 0 amide bonds. The van der Waals surface area contributed by atoms with Crippen LogP contribution in [-0.4, -0.2) is 4.90 Å². The third-order valence-corrected chi connectivity index (χ3v) is 3.26. The molecule has 0 saturated heterocycles. The summed E-state index contributed by atoms with van der Waals surface area (Å²) in [6, 6.07) is 24.1. The van der Waals surface area contributed by atoms with Gasteiger partial charge < -0.3 is 4.90 Å². The molecule has 0 unspecified atom stereocenters. The molecular weight excluding hydrogens is 282 g/mol. The molecule has 0 aliphatic rings. The summed E-state index contributed by atoms with van der Waals surface area (Å²) in [6.45, 7) is 1.52. The van der Waals surface area contributed by atoms with E-state index in [0.29, 0.717) is 0 Å². The second kappa shape index (κ2) is 8.87. The van der Waals surface area contributed by atoms with Crippen LogP contribution in [0.1, 0.15) is 11.1 Å². The number of hydrogen-bond acceptors (Lipinski definition) is 3. The molecule has 0 N–H and O–H groups in total. The fourth-order valence-electron chi connectivity index (χ4n) is 2.16. The van der Waals surface area contributed by atoms with Crippen molar-refractivity contribution in [3.63, 3.8) is 0 Å². The quantitative estimate of drug-likeness (QED) is 0.594. The molecule has 0 spiro atoms. The van der Waals surface area contributed by atoms with E-state index >= 15 is 0 Å². The number of hydrogen-bond donors (Lipinski definition) is 0. The Balaban J connectivity index is 2.14. The molecule has 2 rings (SSSR count). The number of benzene rings is 2. The van der Waals surface area contributed by atoms with E-state index < -0.39 is 0 Å². The minimum absolute atomic E-state index is 0.0978. The molecule has 0 atom stereocenters. The Bertz CT molecular complexity index is 689. The summed E-state index contributed by atoms with van der Waals surface area (Å²) in [6.07, 6.45) is 5.19. The Morgan fingerprint density at radius 1 is 0.826 bits per heavy atom. The fraction of sp³-hybridized carbons (Fsp3) is 0.100. The second-order valence-corrected chi connectivity index (χ2v) is 5.02. The lowest BCUT2D eigenvalue weighted by Gasteiger charge is -2.20. The summed E-state index contributed by atoms with van der Waals surface area (Å²) in [5, 5.41) is 17.5. The van der Waals surface area contributed by atoms with Gasteiger partial charge in [-0.15, -0.1) is 0 Å². The Morgan fingerprint density at radius 3 is 1.74 bits per heavy atom. The Morgan fingerprint density at radius 2 is 1.30 bits per heavy atom. The molecule has 0 aliphatic heterocycles. The molecule has 0 saturated carbocycles. The largest absolute Gasteiger partial charge is 0.369 e. The van der Waals surface area contributed by atoms with Crippen molar-refractivity contribution in [1.29, 1.82) is 10.5 Å². The summed E-state index contributed by atoms with van der Waals surface area (Å²) in [4.78, 5) is 2.15. The summed E-state index contributed by atoms with van der Waals surface area (Å²) in [5.41, 5.74) is 2.51. The van der Waals surface area contributed by atoms with Gasteiger partial charge in [0.05, 0.1) is 0 Å². The smallest absolute Gasteiger partial charge is 0.129 e. The van der Waals surface area contributed by atoms with Gasteiger partial charge in [-0.25, -0.2) is 0 Å². The van der Waals surface area contributed by atoms with Crippen LogP contribution >= 0.6 is 0 Å². The summed E-state index contributed by atoms with van der Waals surface area (Å²) in [7, 11) is 0. The Hall–Kier alpha value is -3.30. The normalized spacial score (nSPS) is 9.83. The first-order valence-corrected chi connectivity index (χ1v) is 7.32. The summed E-state index contributed by atoms with van der Waals surface area (Å²) >= 11 is 0. The number of allylic oxidation sites excluding steroid dienone is 3. The topological polar surface area (TPSA) is 50.8 Å². The second-order valence-electron chi connectivity index (χ2n) is 5.02. The first-order chi connectivity index (χ1) is 11.3. The zero-order valence-corrected chi connectivity index (χ0v) is 12.8. The Kier molecular flexibility index (Phi) is 6.20. The lowest BCUT2D eigenvalue weighted by Crippen LogP contribution is -2.16. The van der Waals surface area contributed by atoms with Crippen LogP contribution in [0.2, 0.25) is 0 Å². The predicted octanol–water partition coefficient (Wildman–Crippen LogP) is 4.18. The third kappa shape index (κ3) is 5.53. The number of nitrogens with zero attached hydrogens (tertiary/aromatic N) is 3.